The highest BCUT2D eigenvalue weighted by Crippen LogP contribution is 2.42. The van der Waals surface area contributed by atoms with E-state index >= 15 is 0 Å². The van der Waals surface area contributed by atoms with Crippen LogP contribution in [0.2, 0.25) is 0 Å². The van der Waals surface area contributed by atoms with Gasteiger partial charge in [0.15, 0.2) is 11.5 Å². The van der Waals surface area contributed by atoms with Crippen molar-refractivity contribution in [2.24, 2.45) is 5.92 Å². The number of anilines is 2. The Kier molecular flexibility index (Phi) is 6.15. The third kappa shape index (κ3) is 4.03. The lowest BCUT2D eigenvalue weighted by Crippen LogP contribution is -2.31. The van der Waals surface area contributed by atoms with Gasteiger partial charge in [-0.15, -0.1) is 0 Å². The summed E-state index contributed by atoms with van der Waals surface area (Å²) in [6.07, 6.45) is 0. The quantitative estimate of drug-likeness (QED) is 0.715. The van der Waals surface area contributed by atoms with Gasteiger partial charge in [-0.05, 0) is 35.9 Å². The Morgan fingerprint density at radius 1 is 1.10 bits per heavy atom. The van der Waals surface area contributed by atoms with Crippen LogP contribution in [0.25, 0.3) is 0 Å². The van der Waals surface area contributed by atoms with E-state index in [9.17, 15) is 19.5 Å². The second kappa shape index (κ2) is 8.63. The molecule has 1 aliphatic heterocycles. The Morgan fingerprint density at radius 3 is 2.29 bits per heavy atom. The minimum Gasteiger partial charge on any atom is -0.503 e. The van der Waals surface area contributed by atoms with Gasteiger partial charge < -0.3 is 14.7 Å². The predicted molar refractivity (Wildman–Crippen MR) is 118 cm³/mol. The van der Waals surface area contributed by atoms with Crippen molar-refractivity contribution < 1.29 is 24.2 Å². The third-order valence-corrected chi connectivity index (χ3v) is 5.27. The number of ketones is 1. The fourth-order valence-electron chi connectivity index (χ4n) is 3.60. The van der Waals surface area contributed by atoms with E-state index in [1.807, 2.05) is 43.3 Å². The fraction of sp³-hybridized carbons (Fsp3) is 0.292. The van der Waals surface area contributed by atoms with Gasteiger partial charge >= 0.3 is 5.97 Å². The summed E-state index contributed by atoms with van der Waals surface area (Å²) < 4.78 is 4.78. The molecule has 1 amide bonds. The largest absolute Gasteiger partial charge is 0.503 e. The minimum absolute atomic E-state index is 0.0566. The topological polar surface area (TPSA) is 87.1 Å². The number of esters is 1. The summed E-state index contributed by atoms with van der Waals surface area (Å²) in [4.78, 5) is 41.4. The van der Waals surface area contributed by atoms with Gasteiger partial charge in [-0.25, -0.2) is 4.79 Å². The van der Waals surface area contributed by atoms with Crippen LogP contribution in [0.5, 0.6) is 0 Å². The molecule has 2 aromatic carbocycles. The van der Waals surface area contributed by atoms with E-state index in [4.69, 9.17) is 4.74 Å². The molecule has 1 aliphatic rings. The Labute approximate surface area is 181 Å². The van der Waals surface area contributed by atoms with E-state index < -0.39 is 29.6 Å². The highest BCUT2D eigenvalue weighted by atomic mass is 16.5. The summed E-state index contributed by atoms with van der Waals surface area (Å²) in [6.45, 7) is 3.44. The van der Waals surface area contributed by atoms with Crippen LogP contribution in [-0.4, -0.2) is 44.0 Å². The number of carbonyl (C=O) groups is 3. The van der Waals surface area contributed by atoms with Crippen molar-refractivity contribution in [2.75, 3.05) is 31.0 Å². The molecule has 0 radical (unpaired) electrons. The number of carbonyl (C=O) groups excluding carboxylic acids is 3. The highest BCUT2D eigenvalue weighted by molar-refractivity contribution is 6.17. The molecule has 0 saturated heterocycles. The Bertz CT molecular complexity index is 1050. The second-order valence-electron chi connectivity index (χ2n) is 7.89. The summed E-state index contributed by atoms with van der Waals surface area (Å²) in [5, 5.41) is 10.7. The first-order chi connectivity index (χ1) is 14.7. The summed E-state index contributed by atoms with van der Waals surface area (Å²) in [5.74, 6) is -2.51. The van der Waals surface area contributed by atoms with Crippen molar-refractivity contribution in [3.63, 3.8) is 0 Å². The number of benzene rings is 2. The first-order valence-corrected chi connectivity index (χ1v) is 9.94. The maximum Gasteiger partial charge on any atom is 0.337 e. The molecule has 31 heavy (non-hydrogen) atoms. The van der Waals surface area contributed by atoms with E-state index in [2.05, 4.69) is 0 Å². The van der Waals surface area contributed by atoms with E-state index in [0.29, 0.717) is 11.3 Å². The number of ether oxygens (including phenoxy) is 1. The highest BCUT2D eigenvalue weighted by Gasteiger charge is 2.44. The van der Waals surface area contributed by atoms with Crippen molar-refractivity contribution in [1.29, 1.82) is 0 Å². The van der Waals surface area contributed by atoms with Gasteiger partial charge in [0.25, 0.3) is 5.91 Å². The van der Waals surface area contributed by atoms with Crippen molar-refractivity contribution in [3.05, 3.63) is 71.0 Å². The lowest BCUT2D eigenvalue weighted by atomic mass is 9.91. The summed E-state index contributed by atoms with van der Waals surface area (Å²) >= 11 is 0. The van der Waals surface area contributed by atoms with Crippen molar-refractivity contribution in [1.82, 2.24) is 0 Å². The zero-order valence-electron chi connectivity index (χ0n) is 18.2. The molecule has 0 spiro atoms. The van der Waals surface area contributed by atoms with E-state index in [-0.39, 0.29) is 16.9 Å². The molecule has 162 valence electrons. The number of rotatable bonds is 6. The maximum atomic E-state index is 13.1. The number of aliphatic hydroxyl groups is 1. The van der Waals surface area contributed by atoms with Crippen LogP contribution < -0.4 is 9.80 Å². The van der Waals surface area contributed by atoms with Crippen molar-refractivity contribution in [3.8, 4) is 0 Å². The number of methoxy groups -OCH3 is 1. The lowest BCUT2D eigenvalue weighted by Gasteiger charge is -2.28. The van der Waals surface area contributed by atoms with Crippen LogP contribution in [-0.2, 0) is 14.3 Å². The molecule has 0 aliphatic carbocycles. The number of hydrogen-bond donors (Lipinski definition) is 1. The zero-order valence-corrected chi connectivity index (χ0v) is 18.2. The van der Waals surface area contributed by atoms with E-state index in [0.717, 1.165) is 5.69 Å². The number of amides is 1. The van der Waals surface area contributed by atoms with Crippen LogP contribution >= 0.6 is 0 Å². The molecular formula is C24H26N2O5. The monoisotopic (exact) mass is 422 g/mol. The van der Waals surface area contributed by atoms with Crippen LogP contribution in [0.4, 0.5) is 11.4 Å². The average molecular weight is 422 g/mol. The maximum absolute atomic E-state index is 13.1. The predicted octanol–water partition coefficient (Wildman–Crippen LogP) is 3.66. The van der Waals surface area contributed by atoms with Gasteiger partial charge in [-0.3, -0.25) is 14.5 Å². The van der Waals surface area contributed by atoms with E-state index in [1.54, 1.807) is 32.0 Å². The standard InChI is InChI=1S/C24H26N2O5/c1-14(2)21(27)19-20(15-9-11-17(12-10-15)25(3)4)26(23(29)22(19)28)18-8-6-7-16(13-18)24(30)31-5/h6-14,20,28H,1-5H3. The molecule has 3 rings (SSSR count). The summed E-state index contributed by atoms with van der Waals surface area (Å²) in [7, 11) is 5.11. The third-order valence-electron chi connectivity index (χ3n) is 5.27. The summed E-state index contributed by atoms with van der Waals surface area (Å²) in [6, 6.07) is 13.0. The molecule has 0 fully saturated rings. The van der Waals surface area contributed by atoms with Crippen LogP contribution in [0.3, 0.4) is 0 Å². The number of hydrogen-bond acceptors (Lipinski definition) is 6. The Hall–Kier alpha value is -3.61. The minimum atomic E-state index is -0.813. The smallest absolute Gasteiger partial charge is 0.337 e. The van der Waals surface area contributed by atoms with Crippen molar-refractivity contribution in [2.45, 2.75) is 19.9 Å². The van der Waals surface area contributed by atoms with Crippen LogP contribution in [0, 0.1) is 5.92 Å². The molecule has 2 aromatic rings. The Morgan fingerprint density at radius 2 is 1.74 bits per heavy atom. The molecule has 0 bridgehead atoms. The zero-order chi connectivity index (χ0) is 22.9. The lowest BCUT2D eigenvalue weighted by molar-refractivity contribution is -0.119. The van der Waals surface area contributed by atoms with Gasteiger partial charge in [-0.1, -0.05) is 32.0 Å². The first-order valence-electron chi connectivity index (χ1n) is 9.94. The molecule has 1 unspecified atom stereocenters. The molecule has 1 N–H and O–H groups in total. The average Bonchev–Trinajstić information content (AvgIpc) is 3.03. The Balaban J connectivity index is 2.17. The van der Waals surface area contributed by atoms with Gasteiger partial charge in [0.05, 0.1) is 24.3 Å². The first kappa shape index (κ1) is 22.1. The van der Waals surface area contributed by atoms with Crippen LogP contribution in [0.15, 0.2) is 59.9 Å². The van der Waals surface area contributed by atoms with Crippen molar-refractivity contribution >= 4 is 29.0 Å². The number of nitrogens with zero attached hydrogens (tertiary/aromatic N) is 2. The molecule has 7 heteroatoms. The van der Waals surface area contributed by atoms with Gasteiger partial charge in [0.2, 0.25) is 0 Å². The molecule has 1 heterocycles. The van der Waals surface area contributed by atoms with Gasteiger partial charge in [-0.2, -0.15) is 0 Å². The summed E-state index contributed by atoms with van der Waals surface area (Å²) in [5.41, 5.74) is 2.33. The number of aliphatic hydroxyl groups excluding tert-OH is 1. The molecule has 7 nitrogen and oxygen atoms in total. The molecular weight excluding hydrogens is 396 g/mol. The van der Waals surface area contributed by atoms with Gasteiger partial charge in [0, 0.05) is 31.4 Å². The SMILES string of the molecule is COC(=O)c1cccc(N2C(=O)C(O)=C(C(=O)C(C)C)C2c2ccc(N(C)C)cc2)c1. The fourth-order valence-corrected chi connectivity index (χ4v) is 3.60. The van der Waals surface area contributed by atoms with Crippen LogP contribution in [0.1, 0.15) is 35.8 Å². The van der Waals surface area contributed by atoms with E-state index in [1.165, 1.54) is 18.1 Å². The normalized spacial score (nSPS) is 16.1. The molecule has 0 saturated carbocycles. The number of Topliss-reactive ketones (excluding diaryl/α,β-unsaturated/α-hetero) is 1. The van der Waals surface area contributed by atoms with Gasteiger partial charge in [0.1, 0.15) is 0 Å². The molecule has 0 aromatic heterocycles. The molecule has 1 atom stereocenters. The second-order valence-corrected chi connectivity index (χ2v) is 7.89.